The lowest BCUT2D eigenvalue weighted by atomic mass is 10.1. The van der Waals surface area contributed by atoms with Crippen LogP contribution in [0.1, 0.15) is 15.9 Å². The summed E-state index contributed by atoms with van der Waals surface area (Å²) in [7, 11) is 0. The highest BCUT2D eigenvalue weighted by molar-refractivity contribution is 7.99. The third-order valence-corrected chi connectivity index (χ3v) is 5.21. The van der Waals surface area contributed by atoms with Gasteiger partial charge in [0.05, 0.1) is 6.54 Å². The molecular formula is C18H15ClN4OS. The van der Waals surface area contributed by atoms with E-state index in [0.29, 0.717) is 23.0 Å². The van der Waals surface area contributed by atoms with Gasteiger partial charge in [-0.25, -0.2) is 9.69 Å². The Morgan fingerprint density at radius 1 is 1.16 bits per heavy atom. The molecule has 1 aliphatic rings. The quantitative estimate of drug-likeness (QED) is 0.688. The van der Waals surface area contributed by atoms with Crippen LogP contribution in [0.2, 0.25) is 5.02 Å². The summed E-state index contributed by atoms with van der Waals surface area (Å²) in [4.78, 5) is 13.1. The van der Waals surface area contributed by atoms with Crippen LogP contribution in [0.15, 0.2) is 53.7 Å². The van der Waals surface area contributed by atoms with Crippen LogP contribution in [0.25, 0.3) is 11.4 Å². The molecule has 5 nitrogen and oxygen atoms in total. The largest absolute Gasteiger partial charge is 0.272 e. The smallest absolute Gasteiger partial charge is 0.267 e. The summed E-state index contributed by atoms with van der Waals surface area (Å²) in [6, 6.07) is 15.0. The number of aromatic nitrogens is 3. The first kappa shape index (κ1) is 16.2. The van der Waals surface area contributed by atoms with Crippen LogP contribution in [-0.2, 0) is 0 Å². The van der Waals surface area contributed by atoms with Crippen LogP contribution in [0.3, 0.4) is 0 Å². The lowest BCUT2D eigenvalue weighted by Crippen LogP contribution is -2.45. The van der Waals surface area contributed by atoms with Crippen LogP contribution >= 0.6 is 23.4 Å². The van der Waals surface area contributed by atoms with Gasteiger partial charge in [0.25, 0.3) is 5.91 Å². The van der Waals surface area contributed by atoms with Gasteiger partial charge >= 0.3 is 0 Å². The molecule has 0 radical (unpaired) electrons. The second-order valence-electron chi connectivity index (χ2n) is 5.72. The van der Waals surface area contributed by atoms with Crippen LogP contribution in [0.5, 0.6) is 0 Å². The van der Waals surface area contributed by atoms with Gasteiger partial charge in [0.1, 0.15) is 0 Å². The van der Waals surface area contributed by atoms with Crippen molar-refractivity contribution in [1.29, 1.82) is 0 Å². The van der Waals surface area contributed by atoms with Crippen LogP contribution in [-0.4, -0.2) is 33.1 Å². The lowest BCUT2D eigenvalue weighted by molar-refractivity contribution is 0.0956. The van der Waals surface area contributed by atoms with Crippen molar-refractivity contribution in [1.82, 2.24) is 14.9 Å². The van der Waals surface area contributed by atoms with Gasteiger partial charge in [-0.2, -0.15) is 0 Å². The average Bonchev–Trinajstić information content (AvgIpc) is 3.05. The Morgan fingerprint density at radius 2 is 2.00 bits per heavy atom. The Hall–Kier alpha value is -2.31. The van der Waals surface area contributed by atoms with Gasteiger partial charge in [-0.3, -0.25) is 4.79 Å². The molecule has 0 fully saturated rings. The summed E-state index contributed by atoms with van der Waals surface area (Å²) in [6.07, 6.45) is 0. The van der Waals surface area contributed by atoms with E-state index in [4.69, 9.17) is 11.6 Å². The number of nitrogens with zero attached hydrogens (tertiary/aromatic N) is 4. The summed E-state index contributed by atoms with van der Waals surface area (Å²) in [6.45, 7) is 2.61. The summed E-state index contributed by atoms with van der Waals surface area (Å²) in [5, 5.41) is 11.6. The van der Waals surface area contributed by atoms with E-state index >= 15 is 0 Å². The molecule has 1 amide bonds. The fourth-order valence-electron chi connectivity index (χ4n) is 2.85. The number of hydrogen-bond acceptors (Lipinski definition) is 4. The van der Waals surface area contributed by atoms with E-state index < -0.39 is 0 Å². The van der Waals surface area contributed by atoms with Gasteiger partial charge < -0.3 is 0 Å². The molecule has 126 valence electrons. The number of amides is 1. The van der Waals surface area contributed by atoms with Gasteiger partial charge in [0, 0.05) is 21.9 Å². The number of fused-ring (bicyclic) bond motifs is 1. The van der Waals surface area contributed by atoms with Crippen molar-refractivity contribution >= 4 is 29.3 Å². The minimum absolute atomic E-state index is 0.112. The molecule has 0 spiro atoms. The van der Waals surface area contributed by atoms with E-state index in [-0.39, 0.29) is 5.91 Å². The van der Waals surface area contributed by atoms with Crippen molar-refractivity contribution in [2.24, 2.45) is 0 Å². The van der Waals surface area contributed by atoms with E-state index in [1.807, 2.05) is 35.9 Å². The first-order valence-corrected chi connectivity index (χ1v) is 9.23. The van der Waals surface area contributed by atoms with Gasteiger partial charge in [-0.15, -0.1) is 10.2 Å². The molecular weight excluding hydrogens is 356 g/mol. The monoisotopic (exact) mass is 370 g/mol. The predicted octanol–water partition coefficient (Wildman–Crippen LogP) is 3.79. The second-order valence-corrected chi connectivity index (χ2v) is 7.22. The topological polar surface area (TPSA) is 51.0 Å². The Balaban J connectivity index is 1.81. The Kier molecular flexibility index (Phi) is 4.23. The highest BCUT2D eigenvalue weighted by Crippen LogP contribution is 2.30. The number of hydrogen-bond donors (Lipinski definition) is 0. The zero-order valence-electron chi connectivity index (χ0n) is 13.5. The van der Waals surface area contributed by atoms with E-state index in [1.165, 1.54) is 0 Å². The molecule has 1 aromatic heterocycles. The normalized spacial score (nSPS) is 13.6. The zero-order chi connectivity index (χ0) is 17.4. The molecule has 3 aromatic rings. The van der Waals surface area contributed by atoms with Gasteiger partial charge in [0.15, 0.2) is 5.82 Å². The molecule has 0 aliphatic carbocycles. The van der Waals surface area contributed by atoms with Gasteiger partial charge in [-0.05, 0) is 30.7 Å². The molecule has 25 heavy (non-hydrogen) atoms. The van der Waals surface area contributed by atoms with Crippen molar-refractivity contribution < 1.29 is 4.79 Å². The molecule has 2 heterocycles. The van der Waals surface area contributed by atoms with Crippen LogP contribution < -0.4 is 5.01 Å². The minimum Gasteiger partial charge on any atom is -0.267 e. The first-order valence-electron chi connectivity index (χ1n) is 7.87. The third-order valence-electron chi connectivity index (χ3n) is 4.08. The summed E-state index contributed by atoms with van der Waals surface area (Å²) in [5.41, 5.74) is 2.60. The Labute approximate surface area is 154 Å². The number of carbonyl (C=O) groups excluding carboxylic acids is 1. The molecule has 1 aliphatic heterocycles. The zero-order valence-corrected chi connectivity index (χ0v) is 15.1. The van der Waals surface area contributed by atoms with E-state index in [9.17, 15) is 4.79 Å². The number of halogens is 1. The van der Waals surface area contributed by atoms with Gasteiger partial charge in [-0.1, -0.05) is 53.7 Å². The van der Waals surface area contributed by atoms with E-state index in [2.05, 4.69) is 10.2 Å². The molecule has 0 bridgehead atoms. The van der Waals surface area contributed by atoms with Crippen LogP contribution in [0, 0.1) is 6.92 Å². The van der Waals surface area contributed by atoms with Gasteiger partial charge in [0.2, 0.25) is 5.16 Å². The molecule has 0 N–H and O–H groups in total. The van der Waals surface area contributed by atoms with E-state index in [0.717, 1.165) is 22.0 Å². The second kappa shape index (κ2) is 6.54. The SMILES string of the molecule is Cc1ccccc1-c1nnc2n1N(C(=O)c1cccc(Cl)c1)CCS2. The van der Waals surface area contributed by atoms with Crippen molar-refractivity contribution in [2.75, 3.05) is 17.3 Å². The van der Waals surface area contributed by atoms with Crippen molar-refractivity contribution in [3.8, 4) is 11.4 Å². The van der Waals surface area contributed by atoms with Crippen molar-refractivity contribution in [3.63, 3.8) is 0 Å². The molecule has 4 rings (SSSR count). The standard InChI is InChI=1S/C18H15ClN4OS/c1-12-5-2-3-8-15(12)16-20-21-18-23(16)22(9-10-25-18)17(24)13-6-4-7-14(19)11-13/h2-8,11H,9-10H2,1H3. The maximum atomic E-state index is 13.1. The molecule has 2 aromatic carbocycles. The summed E-state index contributed by atoms with van der Waals surface area (Å²) >= 11 is 7.65. The minimum atomic E-state index is -0.112. The average molecular weight is 371 g/mol. The highest BCUT2D eigenvalue weighted by atomic mass is 35.5. The fourth-order valence-corrected chi connectivity index (χ4v) is 3.89. The number of carbonyl (C=O) groups is 1. The third kappa shape index (κ3) is 2.92. The van der Waals surface area contributed by atoms with Crippen molar-refractivity contribution in [3.05, 3.63) is 64.7 Å². The summed E-state index contributed by atoms with van der Waals surface area (Å²) < 4.78 is 1.82. The number of thioether (sulfide) groups is 1. The first-order chi connectivity index (χ1) is 12.1. The molecule has 7 heteroatoms. The Bertz CT molecular complexity index is 956. The molecule has 0 atom stereocenters. The molecule has 0 saturated carbocycles. The van der Waals surface area contributed by atoms with Crippen molar-refractivity contribution in [2.45, 2.75) is 12.1 Å². The molecule has 0 unspecified atom stereocenters. The van der Waals surface area contributed by atoms with Crippen LogP contribution in [0.4, 0.5) is 0 Å². The number of aryl methyl sites for hydroxylation is 1. The molecule has 0 saturated heterocycles. The number of rotatable bonds is 2. The maximum absolute atomic E-state index is 13.1. The number of benzene rings is 2. The highest BCUT2D eigenvalue weighted by Gasteiger charge is 2.29. The predicted molar refractivity (Wildman–Crippen MR) is 99.8 cm³/mol. The lowest BCUT2D eigenvalue weighted by Gasteiger charge is -2.29. The maximum Gasteiger partial charge on any atom is 0.272 e. The van der Waals surface area contributed by atoms with E-state index in [1.54, 1.807) is 41.0 Å². The fraction of sp³-hybridized carbons (Fsp3) is 0.167. The summed E-state index contributed by atoms with van der Waals surface area (Å²) in [5.74, 6) is 1.34. The Morgan fingerprint density at radius 3 is 2.80 bits per heavy atom.